The highest BCUT2D eigenvalue weighted by Gasteiger charge is 2.39. The summed E-state index contributed by atoms with van der Waals surface area (Å²) in [5, 5.41) is 3.19. The van der Waals surface area contributed by atoms with Crippen molar-refractivity contribution in [2.24, 2.45) is 11.7 Å². The minimum Gasteiger partial charge on any atom is -0.338 e. The Hall–Kier alpha value is -2.12. The van der Waals surface area contributed by atoms with Gasteiger partial charge in [0, 0.05) is 30.6 Å². The Labute approximate surface area is 163 Å². The Morgan fingerprint density at radius 2 is 2.00 bits per heavy atom. The Morgan fingerprint density at radius 3 is 2.67 bits per heavy atom. The van der Waals surface area contributed by atoms with Gasteiger partial charge >= 0.3 is 6.03 Å². The van der Waals surface area contributed by atoms with E-state index in [9.17, 15) is 14.4 Å². The van der Waals surface area contributed by atoms with Crippen LogP contribution in [0.4, 0.5) is 10.5 Å². The predicted octanol–water partition coefficient (Wildman–Crippen LogP) is 2.13. The van der Waals surface area contributed by atoms with Crippen LogP contribution in [0.3, 0.4) is 0 Å². The fraction of sp³-hybridized carbons (Fsp3) is 0.526. The summed E-state index contributed by atoms with van der Waals surface area (Å²) < 4.78 is 0. The van der Waals surface area contributed by atoms with Gasteiger partial charge < -0.3 is 16.0 Å². The number of urea groups is 1. The molecule has 0 aromatic heterocycles. The first-order valence-electron chi connectivity index (χ1n) is 9.30. The molecule has 0 radical (unpaired) electrons. The number of amides is 4. The third kappa shape index (κ3) is 4.25. The maximum absolute atomic E-state index is 12.6. The molecule has 1 aromatic carbocycles. The van der Waals surface area contributed by atoms with Crippen LogP contribution >= 0.6 is 11.6 Å². The molecule has 2 saturated heterocycles. The average Bonchev–Trinajstić information content (AvgIpc) is 2.94. The number of hydrogen-bond donors (Lipinski definition) is 2. The highest BCUT2D eigenvalue weighted by atomic mass is 35.5. The summed E-state index contributed by atoms with van der Waals surface area (Å²) in [7, 11) is 0. The van der Waals surface area contributed by atoms with Gasteiger partial charge in [0.05, 0.1) is 5.69 Å². The number of anilines is 1. The van der Waals surface area contributed by atoms with Gasteiger partial charge in [-0.1, -0.05) is 18.5 Å². The van der Waals surface area contributed by atoms with E-state index < -0.39 is 12.1 Å². The van der Waals surface area contributed by atoms with E-state index in [-0.39, 0.29) is 30.7 Å². The zero-order chi connectivity index (χ0) is 19.6. The molecule has 2 heterocycles. The van der Waals surface area contributed by atoms with Crippen LogP contribution < -0.4 is 16.0 Å². The quantitative estimate of drug-likeness (QED) is 0.750. The molecule has 1 aromatic rings. The lowest BCUT2D eigenvalue weighted by Crippen LogP contribution is -2.49. The van der Waals surface area contributed by atoms with Crippen LogP contribution in [-0.4, -0.2) is 47.9 Å². The molecule has 27 heavy (non-hydrogen) atoms. The van der Waals surface area contributed by atoms with E-state index >= 15 is 0 Å². The first-order valence-corrected chi connectivity index (χ1v) is 9.68. The number of carbonyl (C=O) groups excluding carboxylic acids is 3. The molecule has 3 unspecified atom stereocenters. The largest absolute Gasteiger partial charge is 0.338 e. The Balaban J connectivity index is 1.60. The van der Waals surface area contributed by atoms with Crippen molar-refractivity contribution in [1.82, 2.24) is 10.2 Å². The van der Waals surface area contributed by atoms with Crippen LogP contribution in [0.15, 0.2) is 24.3 Å². The van der Waals surface area contributed by atoms with Gasteiger partial charge in [0.15, 0.2) is 0 Å². The Morgan fingerprint density at radius 1 is 1.30 bits per heavy atom. The van der Waals surface area contributed by atoms with E-state index in [4.69, 9.17) is 17.3 Å². The lowest BCUT2D eigenvalue weighted by atomic mass is 9.92. The first kappa shape index (κ1) is 19.6. The molecule has 2 aliphatic heterocycles. The van der Waals surface area contributed by atoms with Crippen LogP contribution in [0.25, 0.3) is 0 Å². The zero-order valence-corrected chi connectivity index (χ0v) is 16.1. The molecule has 0 spiro atoms. The Kier molecular flexibility index (Phi) is 6.01. The molecule has 0 saturated carbocycles. The van der Waals surface area contributed by atoms with E-state index in [2.05, 4.69) is 12.2 Å². The monoisotopic (exact) mass is 392 g/mol. The summed E-state index contributed by atoms with van der Waals surface area (Å²) in [4.78, 5) is 40.4. The number of halogens is 1. The number of piperidine rings is 1. The minimum absolute atomic E-state index is 0.00987. The van der Waals surface area contributed by atoms with E-state index in [1.165, 1.54) is 0 Å². The molecule has 146 valence electrons. The lowest BCUT2D eigenvalue weighted by molar-refractivity contribution is -0.135. The number of nitrogens with two attached hydrogens (primary N) is 1. The number of carbonyl (C=O) groups is 3. The van der Waals surface area contributed by atoms with E-state index in [0.29, 0.717) is 29.7 Å². The van der Waals surface area contributed by atoms with Crippen molar-refractivity contribution in [3.63, 3.8) is 0 Å². The molecule has 8 heteroatoms. The van der Waals surface area contributed by atoms with Gasteiger partial charge in [0.1, 0.15) is 6.04 Å². The van der Waals surface area contributed by atoms with Gasteiger partial charge in [-0.25, -0.2) is 9.69 Å². The number of likely N-dealkylation sites (tertiary alicyclic amines) is 1. The van der Waals surface area contributed by atoms with Crippen LogP contribution in [0, 0.1) is 5.92 Å². The van der Waals surface area contributed by atoms with Gasteiger partial charge in [-0.15, -0.1) is 0 Å². The fourth-order valence-corrected chi connectivity index (χ4v) is 3.90. The van der Waals surface area contributed by atoms with Gasteiger partial charge in [-0.05, 0) is 49.4 Å². The van der Waals surface area contributed by atoms with E-state index in [1.807, 2.05) is 4.90 Å². The summed E-state index contributed by atoms with van der Waals surface area (Å²) in [5.74, 6) is 0.202. The SMILES string of the molecule is CC1CCN(C(=O)CCC2NC(=O)N(c3ccc(Cl)cc3)C2=O)C(CN)C1. The lowest BCUT2D eigenvalue weighted by Gasteiger charge is -2.38. The minimum atomic E-state index is -0.697. The summed E-state index contributed by atoms with van der Waals surface area (Å²) in [6.07, 6.45) is 2.35. The van der Waals surface area contributed by atoms with Gasteiger partial charge in [0.2, 0.25) is 5.91 Å². The molecular formula is C19H25ClN4O3. The van der Waals surface area contributed by atoms with Gasteiger partial charge in [-0.2, -0.15) is 0 Å². The van der Waals surface area contributed by atoms with Crippen molar-refractivity contribution >= 4 is 35.1 Å². The fourth-order valence-electron chi connectivity index (χ4n) is 3.78. The number of imide groups is 1. The van der Waals surface area contributed by atoms with Crippen molar-refractivity contribution in [2.45, 2.75) is 44.7 Å². The molecule has 7 nitrogen and oxygen atoms in total. The molecule has 0 bridgehead atoms. The molecular weight excluding hydrogens is 368 g/mol. The number of rotatable bonds is 5. The van der Waals surface area contributed by atoms with Gasteiger partial charge in [-0.3, -0.25) is 9.59 Å². The molecule has 2 fully saturated rings. The Bertz CT molecular complexity index is 724. The highest BCUT2D eigenvalue weighted by molar-refractivity contribution is 6.30. The second-order valence-electron chi connectivity index (χ2n) is 7.30. The maximum Gasteiger partial charge on any atom is 0.329 e. The number of nitrogens with one attached hydrogen (secondary N) is 1. The van der Waals surface area contributed by atoms with Crippen molar-refractivity contribution in [1.29, 1.82) is 0 Å². The number of benzene rings is 1. The summed E-state index contributed by atoms with van der Waals surface area (Å²) in [6, 6.07) is 5.36. The van der Waals surface area contributed by atoms with Crippen molar-refractivity contribution in [3.05, 3.63) is 29.3 Å². The van der Waals surface area contributed by atoms with Crippen LogP contribution in [0.5, 0.6) is 0 Å². The smallest absolute Gasteiger partial charge is 0.329 e. The standard InChI is InChI=1S/C19H25ClN4O3/c1-12-8-9-23(15(10-12)11-21)17(25)7-6-16-18(26)24(19(27)22-16)14-4-2-13(20)3-5-14/h2-5,12,15-16H,6-11,21H2,1H3,(H,22,27). The van der Waals surface area contributed by atoms with Crippen LogP contribution in [0.2, 0.25) is 5.02 Å². The van der Waals surface area contributed by atoms with E-state index in [1.54, 1.807) is 24.3 Å². The summed E-state index contributed by atoms with van der Waals surface area (Å²) in [6.45, 7) is 3.31. The second-order valence-corrected chi connectivity index (χ2v) is 7.73. The molecule has 3 rings (SSSR count). The molecule has 3 atom stereocenters. The van der Waals surface area contributed by atoms with Crippen molar-refractivity contribution < 1.29 is 14.4 Å². The van der Waals surface area contributed by atoms with Crippen LogP contribution in [-0.2, 0) is 9.59 Å². The zero-order valence-electron chi connectivity index (χ0n) is 15.4. The number of hydrogen-bond acceptors (Lipinski definition) is 4. The first-order chi connectivity index (χ1) is 12.9. The molecule has 3 N–H and O–H groups in total. The highest BCUT2D eigenvalue weighted by Crippen LogP contribution is 2.25. The van der Waals surface area contributed by atoms with Crippen molar-refractivity contribution in [2.75, 3.05) is 18.0 Å². The molecule has 4 amide bonds. The van der Waals surface area contributed by atoms with Crippen LogP contribution in [0.1, 0.15) is 32.6 Å². The summed E-state index contributed by atoms with van der Waals surface area (Å²) in [5.41, 5.74) is 6.29. The topological polar surface area (TPSA) is 95.7 Å². The third-order valence-electron chi connectivity index (χ3n) is 5.32. The average molecular weight is 393 g/mol. The molecule has 2 aliphatic rings. The maximum atomic E-state index is 12.6. The van der Waals surface area contributed by atoms with Crippen molar-refractivity contribution in [3.8, 4) is 0 Å². The third-order valence-corrected chi connectivity index (χ3v) is 5.57. The molecule has 0 aliphatic carbocycles. The van der Waals surface area contributed by atoms with Gasteiger partial charge in [0.25, 0.3) is 5.91 Å². The normalized spacial score (nSPS) is 25.7. The van der Waals surface area contributed by atoms with E-state index in [0.717, 1.165) is 17.7 Å². The summed E-state index contributed by atoms with van der Waals surface area (Å²) >= 11 is 5.86. The predicted molar refractivity (Wildman–Crippen MR) is 103 cm³/mol. The number of nitrogens with zero attached hydrogens (tertiary/aromatic N) is 2. The second kappa shape index (κ2) is 8.27.